The summed E-state index contributed by atoms with van der Waals surface area (Å²) in [5.41, 5.74) is 0. The van der Waals surface area contributed by atoms with E-state index in [1.807, 2.05) is 19.4 Å². The summed E-state index contributed by atoms with van der Waals surface area (Å²) in [5, 5.41) is 0. The molecule has 3 heteroatoms. The molecule has 0 aliphatic carbocycles. The second kappa shape index (κ2) is 21.3. The number of hydrogen-bond acceptors (Lipinski definition) is 2. The lowest BCUT2D eigenvalue weighted by molar-refractivity contribution is -0.683. The van der Waals surface area contributed by atoms with E-state index in [0.717, 1.165) is 25.1 Å². The highest BCUT2D eigenvalue weighted by Gasteiger charge is 2.37. The van der Waals surface area contributed by atoms with Crippen molar-refractivity contribution < 1.29 is 9.28 Å². The number of rotatable bonds is 24. The third-order valence-electron chi connectivity index (χ3n) is 7.64. The molecular weight excluding hydrogens is 416 g/mol. The SMILES string of the molecule is CCCCCCCCCCCCCCCC1=NC=C[N+]1(C)C(=O)CCCCCCCCCCC. The maximum Gasteiger partial charge on any atom is 0.324 e. The van der Waals surface area contributed by atoms with E-state index in [9.17, 15) is 4.79 Å². The fourth-order valence-corrected chi connectivity index (χ4v) is 5.10. The molecule has 0 aromatic rings. The average Bonchev–Trinajstić information content (AvgIpc) is 3.22. The molecule has 34 heavy (non-hydrogen) atoms. The molecule has 1 atom stereocenters. The number of amides is 1. The number of quaternary nitrogens is 1. The summed E-state index contributed by atoms with van der Waals surface area (Å²) in [7, 11) is 2.04. The Morgan fingerprint density at radius 1 is 0.618 bits per heavy atom. The zero-order valence-electron chi connectivity index (χ0n) is 23.4. The van der Waals surface area contributed by atoms with Crippen LogP contribution in [0.5, 0.6) is 0 Å². The van der Waals surface area contributed by atoms with Crippen LogP contribution in [0.25, 0.3) is 0 Å². The molecule has 198 valence electrons. The van der Waals surface area contributed by atoms with Crippen LogP contribution in [0.3, 0.4) is 0 Å². The molecule has 0 saturated heterocycles. The number of carbonyl (C=O) groups excluding carboxylic acids is 1. The first-order valence-corrected chi connectivity index (χ1v) is 15.3. The fourth-order valence-electron chi connectivity index (χ4n) is 5.10. The van der Waals surface area contributed by atoms with Gasteiger partial charge in [0.1, 0.15) is 6.20 Å². The summed E-state index contributed by atoms with van der Waals surface area (Å²) in [4.78, 5) is 17.5. The molecule has 0 aromatic carbocycles. The predicted octanol–water partition coefficient (Wildman–Crippen LogP) is 10.2. The van der Waals surface area contributed by atoms with E-state index in [4.69, 9.17) is 0 Å². The molecule has 0 fully saturated rings. The molecule has 0 N–H and O–H groups in total. The highest BCUT2D eigenvalue weighted by Crippen LogP contribution is 2.22. The van der Waals surface area contributed by atoms with Crippen LogP contribution >= 0.6 is 0 Å². The molecule has 1 aliphatic heterocycles. The normalized spacial score (nSPS) is 17.4. The van der Waals surface area contributed by atoms with Crippen molar-refractivity contribution in [3.63, 3.8) is 0 Å². The molecule has 1 heterocycles. The number of aliphatic imine (C=N–C) groups is 1. The topological polar surface area (TPSA) is 29.4 Å². The third-order valence-corrected chi connectivity index (χ3v) is 7.64. The van der Waals surface area contributed by atoms with Gasteiger partial charge in [0, 0.05) is 6.42 Å². The van der Waals surface area contributed by atoms with Crippen molar-refractivity contribution in [2.45, 2.75) is 168 Å². The summed E-state index contributed by atoms with van der Waals surface area (Å²) in [6.07, 6.45) is 35.0. The Kier molecular flexibility index (Phi) is 19.5. The minimum atomic E-state index is 0.324. The van der Waals surface area contributed by atoms with Gasteiger partial charge in [0.05, 0.1) is 19.7 Å². The quantitative estimate of drug-likeness (QED) is 0.101. The fraction of sp³-hybridized carbons (Fsp3) is 0.871. The minimum Gasteiger partial charge on any atom is -0.230 e. The van der Waals surface area contributed by atoms with E-state index in [2.05, 4.69) is 18.8 Å². The maximum atomic E-state index is 13.0. The zero-order valence-corrected chi connectivity index (χ0v) is 23.4. The molecular formula is C31H59N2O+. The van der Waals surface area contributed by atoms with Gasteiger partial charge in [0.2, 0.25) is 5.84 Å². The lowest BCUT2D eigenvalue weighted by Gasteiger charge is -2.25. The van der Waals surface area contributed by atoms with Crippen LogP contribution in [0.15, 0.2) is 17.4 Å². The minimum absolute atomic E-state index is 0.324. The van der Waals surface area contributed by atoms with Crippen molar-refractivity contribution >= 4 is 11.7 Å². The van der Waals surface area contributed by atoms with E-state index >= 15 is 0 Å². The van der Waals surface area contributed by atoms with Crippen molar-refractivity contribution in [1.29, 1.82) is 0 Å². The van der Waals surface area contributed by atoms with Crippen molar-refractivity contribution in [2.75, 3.05) is 7.05 Å². The van der Waals surface area contributed by atoms with E-state index < -0.39 is 0 Å². The van der Waals surface area contributed by atoms with Gasteiger partial charge in [-0.25, -0.2) is 9.79 Å². The Hall–Kier alpha value is -0.960. The van der Waals surface area contributed by atoms with Crippen LogP contribution in [0, 0.1) is 0 Å². The molecule has 0 saturated carbocycles. The molecule has 1 aliphatic rings. The first kappa shape index (κ1) is 31.1. The summed E-state index contributed by atoms with van der Waals surface area (Å²) in [6, 6.07) is 0. The van der Waals surface area contributed by atoms with Crippen LogP contribution in [0.4, 0.5) is 0 Å². The Bertz CT molecular complexity index is 554. The van der Waals surface area contributed by atoms with Gasteiger partial charge >= 0.3 is 5.91 Å². The second-order valence-electron chi connectivity index (χ2n) is 10.9. The van der Waals surface area contributed by atoms with Crippen LogP contribution < -0.4 is 0 Å². The van der Waals surface area contributed by atoms with Crippen molar-refractivity contribution in [1.82, 2.24) is 0 Å². The number of amidine groups is 1. The number of nitrogens with zero attached hydrogens (tertiary/aromatic N) is 2. The van der Waals surface area contributed by atoms with Crippen LogP contribution in [0.2, 0.25) is 0 Å². The molecule has 0 aromatic heterocycles. The summed E-state index contributed by atoms with van der Waals surface area (Å²) >= 11 is 0. The van der Waals surface area contributed by atoms with E-state index in [0.29, 0.717) is 16.8 Å². The van der Waals surface area contributed by atoms with Gasteiger partial charge in [-0.05, 0) is 12.8 Å². The zero-order chi connectivity index (χ0) is 24.7. The smallest absolute Gasteiger partial charge is 0.230 e. The van der Waals surface area contributed by atoms with Crippen LogP contribution in [-0.2, 0) is 4.79 Å². The van der Waals surface area contributed by atoms with Gasteiger partial charge in [-0.2, -0.15) is 4.48 Å². The van der Waals surface area contributed by atoms with Crippen LogP contribution in [0.1, 0.15) is 168 Å². The predicted molar refractivity (Wildman–Crippen MR) is 150 cm³/mol. The number of unbranched alkanes of at least 4 members (excludes halogenated alkanes) is 20. The van der Waals surface area contributed by atoms with Crippen LogP contribution in [-0.4, -0.2) is 23.3 Å². The first-order chi connectivity index (χ1) is 16.6. The molecule has 1 rings (SSSR count). The summed E-state index contributed by atoms with van der Waals surface area (Å²) < 4.78 is 0.329. The van der Waals surface area contributed by atoms with Crippen molar-refractivity contribution in [3.05, 3.63) is 12.4 Å². The number of carbonyl (C=O) groups is 1. The van der Waals surface area contributed by atoms with Crippen molar-refractivity contribution in [3.8, 4) is 0 Å². The third kappa shape index (κ3) is 14.4. The van der Waals surface area contributed by atoms with E-state index in [1.54, 1.807) is 0 Å². The number of hydrogen-bond donors (Lipinski definition) is 0. The molecule has 3 nitrogen and oxygen atoms in total. The van der Waals surface area contributed by atoms with Gasteiger partial charge in [0.25, 0.3) is 0 Å². The monoisotopic (exact) mass is 475 g/mol. The average molecular weight is 476 g/mol. The van der Waals surface area contributed by atoms with Gasteiger partial charge in [-0.3, -0.25) is 0 Å². The van der Waals surface area contributed by atoms with E-state index in [-0.39, 0.29) is 0 Å². The maximum absolute atomic E-state index is 13.0. The Morgan fingerprint density at radius 3 is 1.44 bits per heavy atom. The highest BCUT2D eigenvalue weighted by molar-refractivity contribution is 5.90. The second-order valence-corrected chi connectivity index (χ2v) is 10.9. The van der Waals surface area contributed by atoms with Crippen molar-refractivity contribution in [2.24, 2.45) is 4.99 Å². The lowest BCUT2D eigenvalue weighted by atomic mass is 10.0. The summed E-state index contributed by atoms with van der Waals surface area (Å²) in [5.74, 6) is 1.38. The summed E-state index contributed by atoms with van der Waals surface area (Å²) in [6.45, 7) is 4.56. The molecule has 0 bridgehead atoms. The first-order valence-electron chi connectivity index (χ1n) is 15.3. The highest BCUT2D eigenvalue weighted by atomic mass is 16.2. The molecule has 0 spiro atoms. The standard InChI is InChI=1S/C31H59N2O/c1-4-6-8-10-12-14-15-16-17-19-20-22-24-26-30-32-28-29-33(30,3)31(34)27-25-23-21-18-13-11-9-7-5-2/h28-29H,4-27H2,1-3H3/q+1. The largest absolute Gasteiger partial charge is 0.324 e. The Morgan fingerprint density at radius 2 is 1.00 bits per heavy atom. The lowest BCUT2D eigenvalue weighted by Crippen LogP contribution is -2.47. The molecule has 0 radical (unpaired) electrons. The van der Waals surface area contributed by atoms with Gasteiger partial charge < -0.3 is 0 Å². The molecule has 1 amide bonds. The van der Waals surface area contributed by atoms with Gasteiger partial charge in [-0.15, -0.1) is 0 Å². The Labute approximate surface area is 213 Å². The Balaban J connectivity index is 2.03. The van der Waals surface area contributed by atoms with E-state index in [1.165, 1.54) is 128 Å². The van der Waals surface area contributed by atoms with Gasteiger partial charge in [0.15, 0.2) is 0 Å². The molecule has 1 unspecified atom stereocenters. The van der Waals surface area contributed by atoms with Gasteiger partial charge in [-0.1, -0.05) is 142 Å².